The van der Waals surface area contributed by atoms with Gasteiger partial charge in [0.15, 0.2) is 6.61 Å². The van der Waals surface area contributed by atoms with Gasteiger partial charge >= 0.3 is 0 Å². The van der Waals surface area contributed by atoms with Gasteiger partial charge in [-0.1, -0.05) is 30.3 Å². The Morgan fingerprint density at radius 2 is 2.04 bits per heavy atom. The molecule has 120 valence electrons. The maximum absolute atomic E-state index is 11.9. The molecule has 1 aliphatic rings. The van der Waals surface area contributed by atoms with E-state index < -0.39 is 0 Å². The second-order valence-corrected chi connectivity index (χ2v) is 6.49. The van der Waals surface area contributed by atoms with Gasteiger partial charge in [-0.15, -0.1) is 11.3 Å². The van der Waals surface area contributed by atoms with Crippen molar-refractivity contribution in [3.63, 3.8) is 0 Å². The Kier molecular flexibility index (Phi) is 3.78. The molecule has 0 saturated heterocycles. The summed E-state index contributed by atoms with van der Waals surface area (Å²) >= 11 is 1.61. The Morgan fingerprint density at radius 3 is 2.83 bits per heavy atom. The van der Waals surface area contributed by atoms with Crippen molar-refractivity contribution in [2.75, 3.05) is 13.7 Å². The van der Waals surface area contributed by atoms with Crippen LogP contribution in [0.15, 0.2) is 47.8 Å². The number of rotatable bonds is 4. The average molecular weight is 337 g/mol. The third kappa shape index (κ3) is 2.67. The van der Waals surface area contributed by atoms with E-state index in [4.69, 9.17) is 14.5 Å². The summed E-state index contributed by atoms with van der Waals surface area (Å²) in [5.74, 6) is 1.24. The minimum atomic E-state index is -0.00589. The highest BCUT2D eigenvalue weighted by atomic mass is 32.1. The van der Waals surface area contributed by atoms with Crippen molar-refractivity contribution in [1.82, 2.24) is 4.98 Å². The van der Waals surface area contributed by atoms with E-state index >= 15 is 0 Å². The largest absolute Gasteiger partial charge is 0.496 e. The van der Waals surface area contributed by atoms with Gasteiger partial charge in [-0.3, -0.25) is 4.79 Å². The minimum absolute atomic E-state index is 0.00589. The van der Waals surface area contributed by atoms with Crippen LogP contribution in [0.25, 0.3) is 11.3 Å². The van der Waals surface area contributed by atoms with Crippen LogP contribution in [-0.2, 0) is 6.42 Å². The van der Waals surface area contributed by atoms with Crippen molar-refractivity contribution in [1.29, 1.82) is 0 Å². The number of methoxy groups -OCH3 is 1. The minimum Gasteiger partial charge on any atom is -0.496 e. The van der Waals surface area contributed by atoms with Crippen LogP contribution in [0.5, 0.6) is 11.5 Å². The zero-order chi connectivity index (χ0) is 16.5. The standard InChI is InChI=1S/C19H15NO3S/c1-22-17-9-18-14(16(21)10-23-18)8-13(17)15-11-24-19(20-15)7-12-5-3-2-4-6-12/h2-6,8-9,11H,7,10H2,1H3. The van der Waals surface area contributed by atoms with Gasteiger partial charge in [0.1, 0.15) is 11.5 Å². The van der Waals surface area contributed by atoms with Crippen LogP contribution in [0, 0.1) is 0 Å². The fourth-order valence-electron chi connectivity index (χ4n) is 2.77. The molecule has 0 saturated carbocycles. The highest BCUT2D eigenvalue weighted by molar-refractivity contribution is 7.10. The Morgan fingerprint density at radius 1 is 1.21 bits per heavy atom. The normalized spacial score (nSPS) is 12.8. The number of carbonyl (C=O) groups excluding carboxylic acids is 1. The average Bonchev–Trinajstić information content (AvgIpc) is 3.21. The van der Waals surface area contributed by atoms with Gasteiger partial charge in [-0.05, 0) is 11.6 Å². The number of carbonyl (C=O) groups is 1. The predicted molar refractivity (Wildman–Crippen MR) is 93.2 cm³/mol. The number of fused-ring (bicyclic) bond motifs is 1. The number of thiazole rings is 1. The Balaban J connectivity index is 1.69. The van der Waals surface area contributed by atoms with Crippen molar-refractivity contribution < 1.29 is 14.3 Å². The molecule has 4 nitrogen and oxygen atoms in total. The van der Waals surface area contributed by atoms with E-state index in [0.29, 0.717) is 17.1 Å². The van der Waals surface area contributed by atoms with Gasteiger partial charge in [-0.2, -0.15) is 0 Å². The molecule has 0 N–H and O–H groups in total. The van der Waals surface area contributed by atoms with Crippen LogP contribution in [0.3, 0.4) is 0 Å². The highest BCUT2D eigenvalue weighted by Gasteiger charge is 2.25. The van der Waals surface area contributed by atoms with E-state index in [0.717, 1.165) is 22.7 Å². The lowest BCUT2D eigenvalue weighted by atomic mass is 10.0. The molecule has 0 bridgehead atoms. The van der Waals surface area contributed by atoms with Gasteiger partial charge in [0.05, 0.1) is 23.4 Å². The molecular formula is C19H15NO3S. The molecule has 5 heteroatoms. The quantitative estimate of drug-likeness (QED) is 0.722. The SMILES string of the molecule is COc1cc2c(cc1-c1csc(Cc3ccccc3)n1)C(=O)CO2. The Labute approximate surface area is 143 Å². The molecule has 1 aliphatic heterocycles. The predicted octanol–water partition coefficient (Wildman–Crippen LogP) is 3.98. The van der Waals surface area contributed by atoms with E-state index in [2.05, 4.69) is 12.1 Å². The third-order valence-electron chi connectivity index (χ3n) is 3.99. The molecule has 2 heterocycles. The first-order chi connectivity index (χ1) is 11.7. The van der Waals surface area contributed by atoms with Crippen molar-refractivity contribution in [3.8, 4) is 22.8 Å². The molecule has 0 spiro atoms. The number of ether oxygens (including phenoxy) is 2. The summed E-state index contributed by atoms with van der Waals surface area (Å²) in [5, 5.41) is 3.03. The number of ketones is 1. The van der Waals surface area contributed by atoms with Gasteiger partial charge in [0.25, 0.3) is 0 Å². The van der Waals surface area contributed by atoms with Crippen LogP contribution in [0.2, 0.25) is 0 Å². The van der Waals surface area contributed by atoms with Crippen molar-refractivity contribution in [2.45, 2.75) is 6.42 Å². The number of hydrogen-bond donors (Lipinski definition) is 0. The fraction of sp³-hybridized carbons (Fsp3) is 0.158. The number of benzene rings is 2. The molecule has 0 unspecified atom stereocenters. The molecule has 3 aromatic rings. The first kappa shape index (κ1) is 14.9. The summed E-state index contributed by atoms with van der Waals surface area (Å²) in [5.41, 5.74) is 3.47. The van der Waals surface area contributed by atoms with E-state index in [-0.39, 0.29) is 12.4 Å². The zero-order valence-electron chi connectivity index (χ0n) is 13.1. The lowest BCUT2D eigenvalue weighted by molar-refractivity contribution is 0.0961. The fourth-order valence-corrected chi connectivity index (χ4v) is 3.60. The molecule has 0 atom stereocenters. The van der Waals surface area contributed by atoms with Crippen molar-refractivity contribution >= 4 is 17.1 Å². The lowest BCUT2D eigenvalue weighted by Crippen LogP contribution is -1.99. The van der Waals surface area contributed by atoms with E-state index in [1.807, 2.05) is 29.6 Å². The maximum atomic E-state index is 11.9. The molecule has 4 rings (SSSR count). The molecular weight excluding hydrogens is 322 g/mol. The van der Waals surface area contributed by atoms with Crippen molar-refractivity contribution in [2.24, 2.45) is 0 Å². The van der Waals surface area contributed by atoms with Crippen LogP contribution < -0.4 is 9.47 Å². The van der Waals surface area contributed by atoms with E-state index in [9.17, 15) is 4.79 Å². The first-order valence-corrected chi connectivity index (χ1v) is 8.49. The monoisotopic (exact) mass is 337 g/mol. The lowest BCUT2D eigenvalue weighted by Gasteiger charge is -2.08. The molecule has 24 heavy (non-hydrogen) atoms. The molecule has 1 aromatic heterocycles. The summed E-state index contributed by atoms with van der Waals surface area (Å²) in [6, 6.07) is 13.8. The molecule has 0 aliphatic carbocycles. The molecule has 0 radical (unpaired) electrons. The first-order valence-electron chi connectivity index (χ1n) is 7.61. The second-order valence-electron chi connectivity index (χ2n) is 5.55. The van der Waals surface area contributed by atoms with E-state index in [1.165, 1.54) is 5.56 Å². The number of hydrogen-bond acceptors (Lipinski definition) is 5. The third-order valence-corrected chi connectivity index (χ3v) is 4.84. The van der Waals surface area contributed by atoms with E-state index in [1.54, 1.807) is 24.5 Å². The van der Waals surface area contributed by atoms with Crippen LogP contribution in [-0.4, -0.2) is 24.5 Å². The molecule has 2 aromatic carbocycles. The van der Waals surface area contributed by atoms with Gasteiger partial charge in [-0.25, -0.2) is 4.98 Å². The van der Waals surface area contributed by atoms with Gasteiger partial charge in [0, 0.05) is 23.4 Å². The summed E-state index contributed by atoms with van der Waals surface area (Å²) < 4.78 is 10.8. The van der Waals surface area contributed by atoms with Crippen LogP contribution >= 0.6 is 11.3 Å². The second kappa shape index (κ2) is 6.09. The Bertz CT molecular complexity index is 902. The van der Waals surface area contributed by atoms with Crippen LogP contribution in [0.1, 0.15) is 20.9 Å². The Hall–Kier alpha value is -2.66. The topological polar surface area (TPSA) is 48.4 Å². The summed E-state index contributed by atoms with van der Waals surface area (Å²) in [6.45, 7) is 0.0955. The van der Waals surface area contributed by atoms with Crippen molar-refractivity contribution in [3.05, 3.63) is 64.0 Å². The summed E-state index contributed by atoms with van der Waals surface area (Å²) in [7, 11) is 1.61. The zero-order valence-corrected chi connectivity index (χ0v) is 13.9. The summed E-state index contributed by atoms with van der Waals surface area (Å²) in [6.07, 6.45) is 0.792. The molecule has 0 amide bonds. The molecule has 0 fully saturated rings. The number of nitrogens with zero attached hydrogens (tertiary/aromatic N) is 1. The number of Topliss-reactive ketones (excluding diaryl/α,β-unsaturated/α-hetero) is 1. The number of aromatic nitrogens is 1. The van der Waals surface area contributed by atoms with Crippen LogP contribution in [0.4, 0.5) is 0 Å². The van der Waals surface area contributed by atoms with Gasteiger partial charge < -0.3 is 9.47 Å². The maximum Gasteiger partial charge on any atom is 0.203 e. The highest BCUT2D eigenvalue weighted by Crippen LogP contribution is 2.38. The smallest absolute Gasteiger partial charge is 0.203 e. The van der Waals surface area contributed by atoms with Gasteiger partial charge in [0.2, 0.25) is 5.78 Å². The summed E-state index contributed by atoms with van der Waals surface area (Å²) in [4.78, 5) is 16.6.